The quantitative estimate of drug-likeness (QED) is 0.886. The Kier molecular flexibility index (Phi) is 3.53. The fourth-order valence-corrected chi connectivity index (χ4v) is 1.71. The summed E-state index contributed by atoms with van der Waals surface area (Å²) in [5.41, 5.74) is 7.61. The lowest BCUT2D eigenvalue weighted by Gasteiger charge is -2.08. The zero-order valence-corrected chi connectivity index (χ0v) is 10.1. The van der Waals surface area contributed by atoms with E-state index in [1.54, 1.807) is 12.1 Å². The lowest BCUT2D eigenvalue weighted by molar-refractivity contribution is 0.612. The Hall–Kier alpha value is -2.01. The summed E-state index contributed by atoms with van der Waals surface area (Å²) in [6.07, 6.45) is 0. The summed E-state index contributed by atoms with van der Waals surface area (Å²) in [6.45, 7) is 2.43. The average Bonchev–Trinajstić information content (AvgIpc) is 2.36. The van der Waals surface area contributed by atoms with Crippen molar-refractivity contribution < 1.29 is 4.39 Å². The maximum absolute atomic E-state index is 12.8. The molecule has 0 unspecified atom stereocenters. The largest absolute Gasteiger partial charge is 0.326 e. The summed E-state index contributed by atoms with van der Waals surface area (Å²) in [5, 5.41) is 4.19. The highest BCUT2D eigenvalue weighted by Crippen LogP contribution is 2.05. The SMILES string of the molecule is Cc1nn(Cc2ccc(F)cc2)c(=O)cc1CN. The van der Waals surface area contributed by atoms with Crippen LogP contribution in [0, 0.1) is 12.7 Å². The molecule has 1 aromatic carbocycles. The van der Waals surface area contributed by atoms with Crippen LogP contribution in [0.4, 0.5) is 4.39 Å². The molecule has 0 aliphatic carbocycles. The molecule has 0 aliphatic heterocycles. The molecule has 4 nitrogen and oxygen atoms in total. The number of aryl methyl sites for hydroxylation is 1. The van der Waals surface area contributed by atoms with E-state index >= 15 is 0 Å². The van der Waals surface area contributed by atoms with Crippen molar-refractivity contribution in [2.45, 2.75) is 20.0 Å². The van der Waals surface area contributed by atoms with E-state index in [1.807, 2.05) is 6.92 Å². The predicted molar refractivity (Wildman–Crippen MR) is 66.6 cm³/mol. The summed E-state index contributed by atoms with van der Waals surface area (Å²) in [7, 11) is 0. The smallest absolute Gasteiger partial charge is 0.267 e. The molecular formula is C13H14FN3O. The van der Waals surface area contributed by atoms with Gasteiger partial charge in [-0.3, -0.25) is 4.79 Å². The molecule has 0 spiro atoms. The highest BCUT2D eigenvalue weighted by atomic mass is 19.1. The Morgan fingerprint density at radius 3 is 2.61 bits per heavy atom. The summed E-state index contributed by atoms with van der Waals surface area (Å²) in [5.74, 6) is -0.297. The maximum atomic E-state index is 12.8. The van der Waals surface area contributed by atoms with Gasteiger partial charge in [0.15, 0.2) is 0 Å². The van der Waals surface area contributed by atoms with Gasteiger partial charge in [0.05, 0.1) is 12.2 Å². The van der Waals surface area contributed by atoms with Crippen molar-refractivity contribution in [1.82, 2.24) is 9.78 Å². The van der Waals surface area contributed by atoms with Gasteiger partial charge in [-0.05, 0) is 30.2 Å². The molecule has 0 saturated heterocycles. The number of rotatable bonds is 3. The van der Waals surface area contributed by atoms with E-state index in [4.69, 9.17) is 5.73 Å². The minimum atomic E-state index is -0.297. The molecule has 0 aliphatic rings. The van der Waals surface area contributed by atoms with Crippen molar-refractivity contribution in [3.05, 3.63) is 63.3 Å². The van der Waals surface area contributed by atoms with Crippen LogP contribution >= 0.6 is 0 Å². The van der Waals surface area contributed by atoms with Gasteiger partial charge in [-0.15, -0.1) is 0 Å². The third kappa shape index (κ3) is 2.62. The zero-order valence-electron chi connectivity index (χ0n) is 10.1. The van der Waals surface area contributed by atoms with Crippen molar-refractivity contribution in [2.24, 2.45) is 5.73 Å². The molecule has 2 aromatic rings. The van der Waals surface area contributed by atoms with Gasteiger partial charge in [0.1, 0.15) is 5.82 Å². The highest BCUT2D eigenvalue weighted by molar-refractivity contribution is 5.18. The average molecular weight is 247 g/mol. The molecule has 5 heteroatoms. The predicted octanol–water partition coefficient (Wildman–Crippen LogP) is 1.20. The van der Waals surface area contributed by atoms with Crippen LogP contribution in [0.2, 0.25) is 0 Å². The number of nitrogens with two attached hydrogens (primary N) is 1. The number of benzene rings is 1. The monoisotopic (exact) mass is 247 g/mol. The van der Waals surface area contributed by atoms with Crippen LogP contribution in [0.1, 0.15) is 16.8 Å². The second-order valence-corrected chi connectivity index (χ2v) is 4.08. The third-order valence-corrected chi connectivity index (χ3v) is 2.75. The molecule has 2 rings (SSSR count). The van der Waals surface area contributed by atoms with Crippen LogP contribution in [0.25, 0.3) is 0 Å². The van der Waals surface area contributed by atoms with Crippen LogP contribution in [-0.2, 0) is 13.1 Å². The van der Waals surface area contributed by atoms with Crippen molar-refractivity contribution >= 4 is 0 Å². The Balaban J connectivity index is 2.32. The van der Waals surface area contributed by atoms with Crippen LogP contribution in [0.15, 0.2) is 35.1 Å². The van der Waals surface area contributed by atoms with E-state index in [9.17, 15) is 9.18 Å². The first-order valence-corrected chi connectivity index (χ1v) is 5.62. The molecule has 1 heterocycles. The summed E-state index contributed by atoms with van der Waals surface area (Å²) in [4.78, 5) is 11.8. The molecule has 2 N–H and O–H groups in total. The van der Waals surface area contributed by atoms with Crippen LogP contribution < -0.4 is 11.3 Å². The Morgan fingerprint density at radius 1 is 1.33 bits per heavy atom. The first-order chi connectivity index (χ1) is 8.60. The zero-order chi connectivity index (χ0) is 13.1. The fraction of sp³-hybridized carbons (Fsp3) is 0.231. The molecule has 0 saturated carbocycles. The number of hydrogen-bond acceptors (Lipinski definition) is 3. The van der Waals surface area contributed by atoms with E-state index in [0.29, 0.717) is 13.1 Å². The minimum Gasteiger partial charge on any atom is -0.326 e. The first kappa shape index (κ1) is 12.4. The molecule has 0 radical (unpaired) electrons. The Labute approximate surface area is 104 Å². The number of aromatic nitrogens is 2. The van der Waals surface area contributed by atoms with Gasteiger partial charge >= 0.3 is 0 Å². The normalized spacial score (nSPS) is 10.6. The lowest BCUT2D eigenvalue weighted by Crippen LogP contribution is -2.25. The molecule has 18 heavy (non-hydrogen) atoms. The first-order valence-electron chi connectivity index (χ1n) is 5.62. The van der Waals surface area contributed by atoms with E-state index in [-0.39, 0.29) is 11.4 Å². The molecule has 0 fully saturated rings. The fourth-order valence-electron chi connectivity index (χ4n) is 1.71. The van der Waals surface area contributed by atoms with Crippen molar-refractivity contribution in [3.8, 4) is 0 Å². The molecule has 0 atom stereocenters. The van der Waals surface area contributed by atoms with E-state index in [1.165, 1.54) is 22.9 Å². The van der Waals surface area contributed by atoms with Gasteiger partial charge in [-0.25, -0.2) is 9.07 Å². The Bertz CT molecular complexity index is 605. The van der Waals surface area contributed by atoms with Gasteiger partial charge in [0.2, 0.25) is 0 Å². The molecule has 0 amide bonds. The van der Waals surface area contributed by atoms with E-state index in [0.717, 1.165) is 16.8 Å². The molecule has 0 bridgehead atoms. The second kappa shape index (κ2) is 5.10. The summed E-state index contributed by atoms with van der Waals surface area (Å²) in [6, 6.07) is 7.49. The number of nitrogens with zero attached hydrogens (tertiary/aromatic N) is 2. The summed E-state index contributed by atoms with van der Waals surface area (Å²) < 4.78 is 14.1. The van der Waals surface area contributed by atoms with Crippen molar-refractivity contribution in [2.75, 3.05) is 0 Å². The van der Waals surface area contributed by atoms with Crippen LogP contribution in [0.3, 0.4) is 0 Å². The van der Waals surface area contributed by atoms with E-state index < -0.39 is 0 Å². The van der Waals surface area contributed by atoms with E-state index in [2.05, 4.69) is 5.10 Å². The standard InChI is InChI=1S/C13H14FN3O/c1-9-11(7-15)6-13(18)17(16-9)8-10-2-4-12(14)5-3-10/h2-6H,7-8,15H2,1H3. The molecular weight excluding hydrogens is 233 g/mol. The minimum absolute atomic E-state index is 0.203. The number of hydrogen-bond donors (Lipinski definition) is 1. The van der Waals surface area contributed by atoms with Crippen LogP contribution in [0.5, 0.6) is 0 Å². The Morgan fingerprint density at radius 2 is 2.00 bits per heavy atom. The second-order valence-electron chi connectivity index (χ2n) is 4.08. The van der Waals surface area contributed by atoms with Crippen molar-refractivity contribution in [1.29, 1.82) is 0 Å². The van der Waals surface area contributed by atoms with Gasteiger partial charge < -0.3 is 5.73 Å². The molecule has 1 aromatic heterocycles. The lowest BCUT2D eigenvalue weighted by atomic mass is 10.2. The third-order valence-electron chi connectivity index (χ3n) is 2.75. The molecule has 94 valence electrons. The van der Waals surface area contributed by atoms with Gasteiger partial charge in [-0.2, -0.15) is 5.10 Å². The number of halogens is 1. The van der Waals surface area contributed by atoms with Crippen LogP contribution in [-0.4, -0.2) is 9.78 Å². The van der Waals surface area contributed by atoms with Gasteiger partial charge in [-0.1, -0.05) is 12.1 Å². The van der Waals surface area contributed by atoms with Gasteiger partial charge in [0.25, 0.3) is 5.56 Å². The summed E-state index contributed by atoms with van der Waals surface area (Å²) >= 11 is 0. The van der Waals surface area contributed by atoms with Gasteiger partial charge in [0, 0.05) is 12.6 Å². The van der Waals surface area contributed by atoms with Crippen molar-refractivity contribution in [3.63, 3.8) is 0 Å². The topological polar surface area (TPSA) is 60.9 Å². The maximum Gasteiger partial charge on any atom is 0.267 e. The highest BCUT2D eigenvalue weighted by Gasteiger charge is 2.04.